The van der Waals surface area contributed by atoms with Gasteiger partial charge in [0.2, 0.25) is 0 Å². The number of aromatic nitrogens is 1. The standard InChI is InChI=1S/C19H15NOS/c1-14-6-5-9-16(12-14)18(21)10-11-19-20-17(13-22-19)15-7-3-2-4-8-15/h2-13H,1H3. The van der Waals surface area contributed by atoms with Crippen molar-refractivity contribution in [2.45, 2.75) is 6.92 Å². The zero-order chi connectivity index (χ0) is 15.4. The van der Waals surface area contributed by atoms with Gasteiger partial charge in [-0.15, -0.1) is 11.3 Å². The molecular weight excluding hydrogens is 290 g/mol. The first kappa shape index (κ1) is 14.4. The zero-order valence-corrected chi connectivity index (χ0v) is 13.0. The van der Waals surface area contributed by atoms with Crippen LogP contribution in [-0.4, -0.2) is 10.8 Å². The second-order valence-electron chi connectivity index (χ2n) is 5.00. The van der Waals surface area contributed by atoms with Crippen molar-refractivity contribution in [2.75, 3.05) is 0 Å². The summed E-state index contributed by atoms with van der Waals surface area (Å²) in [5.41, 5.74) is 3.81. The van der Waals surface area contributed by atoms with Crippen molar-refractivity contribution < 1.29 is 4.79 Å². The first-order valence-corrected chi connectivity index (χ1v) is 7.90. The molecule has 3 rings (SSSR count). The van der Waals surface area contributed by atoms with Crippen molar-refractivity contribution in [3.05, 3.63) is 82.2 Å². The summed E-state index contributed by atoms with van der Waals surface area (Å²) in [5, 5.41) is 2.84. The van der Waals surface area contributed by atoms with Gasteiger partial charge < -0.3 is 0 Å². The van der Waals surface area contributed by atoms with E-state index in [1.807, 2.05) is 66.9 Å². The number of allylic oxidation sites excluding steroid dienone is 1. The third-order valence-corrected chi connectivity index (χ3v) is 4.08. The van der Waals surface area contributed by atoms with E-state index >= 15 is 0 Å². The van der Waals surface area contributed by atoms with Crippen molar-refractivity contribution in [1.29, 1.82) is 0 Å². The Balaban J connectivity index is 1.76. The topological polar surface area (TPSA) is 30.0 Å². The lowest BCUT2D eigenvalue weighted by Crippen LogP contribution is -1.94. The predicted molar refractivity (Wildman–Crippen MR) is 92.1 cm³/mol. The first-order chi connectivity index (χ1) is 10.7. The Bertz CT molecular complexity index is 818. The van der Waals surface area contributed by atoms with E-state index in [4.69, 9.17) is 0 Å². The molecule has 2 aromatic carbocycles. The van der Waals surface area contributed by atoms with E-state index in [-0.39, 0.29) is 5.78 Å². The van der Waals surface area contributed by atoms with Gasteiger partial charge in [0.15, 0.2) is 5.78 Å². The molecule has 0 fully saturated rings. The van der Waals surface area contributed by atoms with E-state index in [9.17, 15) is 4.79 Å². The van der Waals surface area contributed by atoms with Gasteiger partial charge in [-0.1, -0.05) is 54.1 Å². The average Bonchev–Trinajstić information content (AvgIpc) is 3.02. The maximum atomic E-state index is 12.1. The molecule has 0 aliphatic rings. The second kappa shape index (κ2) is 6.50. The van der Waals surface area contributed by atoms with Crippen molar-refractivity contribution in [3.8, 4) is 11.3 Å². The number of nitrogens with zero attached hydrogens (tertiary/aromatic N) is 1. The van der Waals surface area contributed by atoms with Gasteiger partial charge in [-0.25, -0.2) is 4.98 Å². The zero-order valence-electron chi connectivity index (χ0n) is 12.2. The summed E-state index contributed by atoms with van der Waals surface area (Å²) in [6.07, 6.45) is 3.37. The molecular formula is C19H15NOS. The van der Waals surface area contributed by atoms with Crippen LogP contribution in [0.4, 0.5) is 0 Å². The molecule has 1 aromatic heterocycles. The largest absolute Gasteiger partial charge is 0.289 e. The number of hydrogen-bond acceptors (Lipinski definition) is 3. The van der Waals surface area contributed by atoms with Crippen molar-refractivity contribution in [2.24, 2.45) is 0 Å². The third kappa shape index (κ3) is 3.38. The number of carbonyl (C=O) groups is 1. The van der Waals surface area contributed by atoms with Gasteiger partial charge in [0.1, 0.15) is 5.01 Å². The molecule has 0 bridgehead atoms. The van der Waals surface area contributed by atoms with Crippen LogP contribution in [-0.2, 0) is 0 Å². The summed E-state index contributed by atoms with van der Waals surface area (Å²) >= 11 is 1.53. The molecule has 3 aromatic rings. The summed E-state index contributed by atoms with van der Waals surface area (Å²) in [6, 6.07) is 17.6. The molecule has 0 aliphatic heterocycles. The second-order valence-corrected chi connectivity index (χ2v) is 5.89. The van der Waals surface area contributed by atoms with E-state index in [0.29, 0.717) is 5.56 Å². The third-order valence-electron chi connectivity index (χ3n) is 3.27. The van der Waals surface area contributed by atoms with Gasteiger partial charge in [-0.3, -0.25) is 4.79 Å². The number of hydrogen-bond donors (Lipinski definition) is 0. The number of thiazole rings is 1. The van der Waals surface area contributed by atoms with Crippen LogP contribution in [0.1, 0.15) is 20.9 Å². The summed E-state index contributed by atoms with van der Waals surface area (Å²) in [4.78, 5) is 16.7. The predicted octanol–water partition coefficient (Wildman–Crippen LogP) is 5.01. The Hall–Kier alpha value is -2.52. The highest BCUT2D eigenvalue weighted by atomic mass is 32.1. The SMILES string of the molecule is Cc1cccc(C(=O)C=Cc2nc(-c3ccccc3)cs2)c1. The Labute approximate surface area is 133 Å². The summed E-state index contributed by atoms with van der Waals surface area (Å²) in [6.45, 7) is 1.98. The van der Waals surface area contributed by atoms with Crippen LogP contribution in [0.2, 0.25) is 0 Å². The van der Waals surface area contributed by atoms with Crippen LogP contribution in [0.15, 0.2) is 66.1 Å². The van der Waals surface area contributed by atoms with E-state index < -0.39 is 0 Å². The van der Waals surface area contributed by atoms with Crippen molar-refractivity contribution in [1.82, 2.24) is 4.98 Å². The lowest BCUT2D eigenvalue weighted by molar-refractivity contribution is 0.104. The quantitative estimate of drug-likeness (QED) is 0.500. The minimum Gasteiger partial charge on any atom is -0.289 e. The monoisotopic (exact) mass is 305 g/mol. The van der Waals surface area contributed by atoms with Crippen molar-refractivity contribution in [3.63, 3.8) is 0 Å². The Morgan fingerprint density at radius 3 is 2.68 bits per heavy atom. The van der Waals surface area contributed by atoms with Crippen LogP contribution < -0.4 is 0 Å². The normalized spacial score (nSPS) is 11.0. The highest BCUT2D eigenvalue weighted by molar-refractivity contribution is 7.10. The molecule has 0 N–H and O–H groups in total. The maximum Gasteiger partial charge on any atom is 0.185 e. The van der Waals surface area contributed by atoms with Gasteiger partial charge in [-0.2, -0.15) is 0 Å². The van der Waals surface area contributed by atoms with Gasteiger partial charge >= 0.3 is 0 Å². The Morgan fingerprint density at radius 2 is 1.91 bits per heavy atom. The molecule has 3 heteroatoms. The van der Waals surface area contributed by atoms with Crippen LogP contribution in [0, 0.1) is 6.92 Å². The highest BCUT2D eigenvalue weighted by Crippen LogP contribution is 2.22. The molecule has 0 radical (unpaired) electrons. The van der Waals surface area contributed by atoms with E-state index in [0.717, 1.165) is 21.8 Å². The lowest BCUT2D eigenvalue weighted by atomic mass is 10.1. The number of carbonyl (C=O) groups excluding carboxylic acids is 1. The van der Waals surface area contributed by atoms with Gasteiger partial charge in [-0.05, 0) is 25.1 Å². The molecule has 0 aliphatic carbocycles. The van der Waals surface area contributed by atoms with Crippen LogP contribution in [0.3, 0.4) is 0 Å². The summed E-state index contributed by atoms with van der Waals surface area (Å²) in [7, 11) is 0. The molecule has 0 saturated heterocycles. The molecule has 1 heterocycles. The molecule has 2 nitrogen and oxygen atoms in total. The fraction of sp³-hybridized carbons (Fsp3) is 0.0526. The highest BCUT2D eigenvalue weighted by Gasteiger charge is 2.04. The molecule has 22 heavy (non-hydrogen) atoms. The minimum atomic E-state index is 0.000149. The van der Waals surface area contributed by atoms with E-state index in [1.165, 1.54) is 11.3 Å². The fourth-order valence-electron chi connectivity index (χ4n) is 2.15. The molecule has 0 spiro atoms. The van der Waals surface area contributed by atoms with E-state index in [2.05, 4.69) is 4.98 Å². The van der Waals surface area contributed by atoms with Gasteiger partial charge in [0.25, 0.3) is 0 Å². The number of rotatable bonds is 4. The first-order valence-electron chi connectivity index (χ1n) is 7.02. The summed E-state index contributed by atoms with van der Waals surface area (Å²) in [5.74, 6) is 0.000149. The maximum absolute atomic E-state index is 12.1. The molecule has 0 atom stereocenters. The van der Waals surface area contributed by atoms with Gasteiger partial charge in [0, 0.05) is 16.5 Å². The Kier molecular flexibility index (Phi) is 4.26. The van der Waals surface area contributed by atoms with Crippen molar-refractivity contribution >= 4 is 23.2 Å². The number of benzene rings is 2. The Morgan fingerprint density at radius 1 is 1.09 bits per heavy atom. The molecule has 0 unspecified atom stereocenters. The molecule has 0 amide bonds. The molecule has 0 saturated carbocycles. The fourth-order valence-corrected chi connectivity index (χ4v) is 2.87. The average molecular weight is 305 g/mol. The number of ketones is 1. The lowest BCUT2D eigenvalue weighted by Gasteiger charge is -1.96. The van der Waals surface area contributed by atoms with Crippen LogP contribution in [0.5, 0.6) is 0 Å². The van der Waals surface area contributed by atoms with Gasteiger partial charge in [0.05, 0.1) is 5.69 Å². The summed E-state index contributed by atoms with van der Waals surface area (Å²) < 4.78 is 0. The van der Waals surface area contributed by atoms with Crippen LogP contribution >= 0.6 is 11.3 Å². The van der Waals surface area contributed by atoms with Crippen LogP contribution in [0.25, 0.3) is 17.3 Å². The smallest absolute Gasteiger partial charge is 0.185 e. The molecule has 108 valence electrons. The minimum absolute atomic E-state index is 0.000149. The number of aryl methyl sites for hydroxylation is 1. The van der Waals surface area contributed by atoms with E-state index in [1.54, 1.807) is 12.2 Å².